The molecular formula is C45H48FN9O6S. The van der Waals surface area contributed by atoms with Gasteiger partial charge in [-0.2, -0.15) is 4.39 Å². The predicted octanol–water partition coefficient (Wildman–Crippen LogP) is 4.83. The Kier molecular flexibility index (Phi) is 14.3. The van der Waals surface area contributed by atoms with Crippen molar-refractivity contribution in [1.29, 1.82) is 0 Å². The van der Waals surface area contributed by atoms with Crippen molar-refractivity contribution in [1.82, 2.24) is 30.5 Å². The zero-order valence-corrected chi connectivity index (χ0v) is 35.7. The SMILES string of the molecule is Cc1ncsc1-c1ccc(CNC(=O)[C@@H]2C[C@@H](O)CN2C(=O)[C@@H](NC(=O)CN(C)c2cccc(C#Cc3cc(NC(=O)Nc4cc(F)ncc4CO)ccn3)c2)C(C)(C)C)cc1. The number of likely N-dealkylation sites (N-methyl/N-ethyl adjacent to an activating group) is 1. The molecule has 15 nitrogen and oxygen atoms in total. The van der Waals surface area contributed by atoms with Gasteiger partial charge in [-0.1, -0.05) is 57.0 Å². The zero-order chi connectivity index (χ0) is 44.6. The number of urea groups is 1. The number of β-amino-alcohol motifs (C(OH)–C–C–N with tert-alkyl or cyclic N) is 1. The Morgan fingerprint density at radius 2 is 1.79 bits per heavy atom. The third kappa shape index (κ3) is 11.5. The number of aromatic nitrogens is 3. The number of carbonyl (C=O) groups excluding carboxylic acids is 4. The first kappa shape index (κ1) is 44.8. The van der Waals surface area contributed by atoms with Crippen LogP contribution in [0.1, 0.15) is 55.3 Å². The number of halogens is 1. The lowest BCUT2D eigenvalue weighted by atomic mass is 9.85. The fraction of sp³-hybridized carbons (Fsp3) is 0.311. The van der Waals surface area contributed by atoms with Crippen molar-refractivity contribution in [3.8, 4) is 22.3 Å². The smallest absolute Gasteiger partial charge is 0.323 e. The minimum atomic E-state index is -0.996. The van der Waals surface area contributed by atoms with Crippen molar-refractivity contribution < 1.29 is 33.8 Å². The molecular weight excluding hydrogens is 814 g/mol. The van der Waals surface area contributed by atoms with Gasteiger partial charge in [0, 0.05) is 67.5 Å². The summed E-state index contributed by atoms with van der Waals surface area (Å²) in [6.45, 7) is 7.09. The summed E-state index contributed by atoms with van der Waals surface area (Å²) in [5, 5.41) is 31.0. The monoisotopic (exact) mass is 861 g/mol. The Hall–Kier alpha value is -6.74. The van der Waals surface area contributed by atoms with Crippen LogP contribution in [0.5, 0.6) is 0 Å². The van der Waals surface area contributed by atoms with Crippen LogP contribution in [-0.2, 0) is 27.5 Å². The van der Waals surface area contributed by atoms with Crippen molar-refractivity contribution in [3.63, 3.8) is 0 Å². The maximum absolute atomic E-state index is 14.1. The molecule has 0 spiro atoms. The summed E-state index contributed by atoms with van der Waals surface area (Å²) >= 11 is 1.56. The van der Waals surface area contributed by atoms with Crippen LogP contribution in [0, 0.1) is 30.1 Å². The number of aryl methyl sites for hydroxylation is 1. The molecule has 4 heterocycles. The highest BCUT2D eigenvalue weighted by atomic mass is 32.1. The van der Waals surface area contributed by atoms with Gasteiger partial charge < -0.3 is 41.3 Å². The molecule has 322 valence electrons. The van der Waals surface area contributed by atoms with Crippen molar-refractivity contribution >= 4 is 52.2 Å². The third-order valence-corrected chi connectivity index (χ3v) is 11.1. The van der Waals surface area contributed by atoms with Crippen LogP contribution in [0.3, 0.4) is 0 Å². The van der Waals surface area contributed by atoms with Gasteiger partial charge >= 0.3 is 6.03 Å². The number of nitrogens with one attached hydrogen (secondary N) is 4. The maximum atomic E-state index is 14.1. The number of hydrogen-bond donors (Lipinski definition) is 6. The van der Waals surface area contributed by atoms with Gasteiger partial charge in [0.05, 0.1) is 41.0 Å². The number of aliphatic hydroxyl groups excluding tert-OH is 2. The molecule has 17 heteroatoms. The van der Waals surface area contributed by atoms with E-state index in [9.17, 15) is 33.8 Å². The second-order valence-corrected chi connectivity index (χ2v) is 16.8. The number of amides is 5. The molecule has 6 N–H and O–H groups in total. The average molecular weight is 862 g/mol. The Labute approximate surface area is 362 Å². The van der Waals surface area contributed by atoms with Crippen LogP contribution in [0.4, 0.5) is 26.2 Å². The van der Waals surface area contributed by atoms with E-state index in [4.69, 9.17) is 0 Å². The summed E-state index contributed by atoms with van der Waals surface area (Å²) in [5.74, 6) is 3.93. The molecule has 3 atom stereocenters. The number of pyridine rings is 2. The van der Waals surface area contributed by atoms with E-state index in [2.05, 4.69) is 48.1 Å². The fourth-order valence-corrected chi connectivity index (χ4v) is 7.62. The summed E-state index contributed by atoms with van der Waals surface area (Å²) in [7, 11) is 1.73. The number of thiazole rings is 1. The normalized spacial score (nSPS) is 15.2. The van der Waals surface area contributed by atoms with Gasteiger partial charge in [-0.15, -0.1) is 11.3 Å². The third-order valence-electron chi connectivity index (χ3n) is 10.1. The first-order chi connectivity index (χ1) is 29.6. The fourth-order valence-electron chi connectivity index (χ4n) is 6.81. The molecule has 2 aromatic carbocycles. The summed E-state index contributed by atoms with van der Waals surface area (Å²) in [5.41, 5.74) is 6.26. The summed E-state index contributed by atoms with van der Waals surface area (Å²) < 4.78 is 13.6. The molecule has 5 aromatic rings. The largest absolute Gasteiger partial charge is 0.392 e. The topological polar surface area (TPSA) is 202 Å². The number of anilines is 3. The lowest BCUT2D eigenvalue weighted by Gasteiger charge is -2.35. The van der Waals surface area contributed by atoms with E-state index < -0.39 is 54.0 Å². The quantitative estimate of drug-likeness (QED) is 0.0746. The van der Waals surface area contributed by atoms with Crippen LogP contribution in [0.25, 0.3) is 10.4 Å². The van der Waals surface area contributed by atoms with Gasteiger partial charge in [-0.25, -0.2) is 19.7 Å². The number of benzene rings is 2. The van der Waals surface area contributed by atoms with Gasteiger partial charge in [0.15, 0.2) is 0 Å². The molecule has 1 aliphatic heterocycles. The van der Waals surface area contributed by atoms with Gasteiger partial charge in [0.2, 0.25) is 23.7 Å². The molecule has 0 aliphatic carbocycles. The van der Waals surface area contributed by atoms with Crippen molar-refractivity contribution in [2.75, 3.05) is 35.7 Å². The lowest BCUT2D eigenvalue weighted by molar-refractivity contribution is -0.143. The number of rotatable bonds is 12. The van der Waals surface area contributed by atoms with Crippen molar-refractivity contribution in [2.45, 2.75) is 65.5 Å². The molecule has 0 bridgehead atoms. The highest BCUT2D eigenvalue weighted by Crippen LogP contribution is 2.29. The highest BCUT2D eigenvalue weighted by Gasteiger charge is 2.44. The van der Waals surface area contributed by atoms with Crippen LogP contribution >= 0.6 is 11.3 Å². The number of carbonyl (C=O) groups is 4. The Balaban J connectivity index is 1.05. The van der Waals surface area contributed by atoms with E-state index in [0.717, 1.165) is 34.0 Å². The second kappa shape index (κ2) is 19.8. The number of aliphatic hydroxyl groups is 2. The predicted molar refractivity (Wildman–Crippen MR) is 234 cm³/mol. The summed E-state index contributed by atoms with van der Waals surface area (Å²) in [4.78, 5) is 70.0. The molecule has 0 radical (unpaired) electrons. The van der Waals surface area contributed by atoms with E-state index >= 15 is 0 Å². The van der Waals surface area contributed by atoms with Crippen molar-refractivity contribution in [2.24, 2.45) is 5.41 Å². The zero-order valence-electron chi connectivity index (χ0n) is 34.9. The van der Waals surface area contributed by atoms with E-state index in [-0.39, 0.29) is 43.2 Å². The average Bonchev–Trinajstić information content (AvgIpc) is 3.86. The lowest BCUT2D eigenvalue weighted by Crippen LogP contribution is -2.58. The minimum Gasteiger partial charge on any atom is -0.392 e. The van der Waals surface area contributed by atoms with E-state index in [1.54, 1.807) is 59.1 Å². The molecule has 1 aliphatic rings. The summed E-state index contributed by atoms with van der Waals surface area (Å²) in [6.07, 6.45) is 1.78. The van der Waals surface area contributed by atoms with Crippen LogP contribution in [-0.4, -0.2) is 92.1 Å². The van der Waals surface area contributed by atoms with Gasteiger partial charge in [0.25, 0.3) is 0 Å². The minimum absolute atomic E-state index is 0.0392. The van der Waals surface area contributed by atoms with Gasteiger partial charge in [0.1, 0.15) is 17.8 Å². The van der Waals surface area contributed by atoms with Gasteiger partial charge in [-0.3, -0.25) is 14.4 Å². The van der Waals surface area contributed by atoms with E-state index in [1.165, 1.54) is 11.1 Å². The number of likely N-dealkylation sites (tertiary alicyclic amines) is 1. The first-order valence-corrected chi connectivity index (χ1v) is 20.6. The van der Waals surface area contributed by atoms with Crippen molar-refractivity contribution in [3.05, 3.63) is 119 Å². The maximum Gasteiger partial charge on any atom is 0.323 e. The first-order valence-electron chi connectivity index (χ1n) is 19.8. The highest BCUT2D eigenvalue weighted by molar-refractivity contribution is 7.13. The Bertz CT molecular complexity index is 2500. The van der Waals surface area contributed by atoms with E-state index in [0.29, 0.717) is 22.6 Å². The van der Waals surface area contributed by atoms with Crippen LogP contribution in [0.2, 0.25) is 0 Å². The van der Waals surface area contributed by atoms with E-state index in [1.807, 2.05) is 58.0 Å². The Morgan fingerprint density at radius 3 is 2.50 bits per heavy atom. The molecule has 0 saturated carbocycles. The van der Waals surface area contributed by atoms with Crippen LogP contribution < -0.4 is 26.2 Å². The number of nitrogens with zero attached hydrogens (tertiary/aromatic N) is 5. The molecule has 6 rings (SSSR count). The van der Waals surface area contributed by atoms with Gasteiger partial charge in [-0.05, 0) is 59.7 Å². The Morgan fingerprint density at radius 1 is 1.02 bits per heavy atom. The molecule has 3 aromatic heterocycles. The van der Waals surface area contributed by atoms with Crippen LogP contribution in [0.15, 0.2) is 84.6 Å². The molecule has 62 heavy (non-hydrogen) atoms. The molecule has 5 amide bonds. The molecule has 1 fully saturated rings. The summed E-state index contributed by atoms with van der Waals surface area (Å²) in [6, 6.07) is 16.5. The second-order valence-electron chi connectivity index (χ2n) is 15.9. The standard InChI is InChI=1S/C45H48FN9O6S/c1-27-40(62-26-50-27)30-12-9-29(10-13-30)21-49-42(59)37-19-35(57)23-55(37)43(60)41(45(2,3)4)53-39(58)24-54(5)34-8-6-7-28(17-34)11-14-32-18-33(15-16-47-32)51-44(61)52-36-20-38(46)48-22-31(36)25-56/h6-10,12-13,15-18,20,22,26,35,37,41,56-57H,19,21,23-25H2,1-5H3,(H,49,59)(H,53,58)(H2,47,48,51,52,61)/t35-,37+,41-/m1/s1. The number of hydrogen-bond acceptors (Lipinski definition) is 11. The molecule has 1 saturated heterocycles. The molecule has 0 unspecified atom stereocenters.